The van der Waals surface area contributed by atoms with Gasteiger partial charge in [0.15, 0.2) is 0 Å². The summed E-state index contributed by atoms with van der Waals surface area (Å²) in [5, 5.41) is 9.62. The van der Waals surface area contributed by atoms with Crippen molar-refractivity contribution in [1.29, 1.82) is 0 Å². The molecule has 1 saturated heterocycles. The van der Waals surface area contributed by atoms with Crippen molar-refractivity contribution >= 4 is 15.7 Å². The molecule has 0 atom stereocenters. The quantitative estimate of drug-likeness (QED) is 0.710. The first-order chi connectivity index (χ1) is 9.80. The second-order valence-electron chi connectivity index (χ2n) is 5.62. The molecule has 0 unspecified atom stereocenters. The summed E-state index contributed by atoms with van der Waals surface area (Å²) in [5.41, 5.74) is 6.79. The van der Waals surface area contributed by atoms with E-state index in [-0.39, 0.29) is 11.5 Å². The van der Waals surface area contributed by atoms with Crippen molar-refractivity contribution in [3.63, 3.8) is 0 Å². The first kappa shape index (κ1) is 16.2. The van der Waals surface area contributed by atoms with E-state index in [1.54, 1.807) is 13.0 Å². The third kappa shape index (κ3) is 3.37. The van der Waals surface area contributed by atoms with Crippen LogP contribution in [0.25, 0.3) is 0 Å². The van der Waals surface area contributed by atoms with E-state index >= 15 is 0 Å². The van der Waals surface area contributed by atoms with Gasteiger partial charge in [-0.3, -0.25) is 0 Å². The van der Waals surface area contributed by atoms with Gasteiger partial charge in [-0.25, -0.2) is 13.1 Å². The number of aliphatic hydroxyl groups is 1. The fourth-order valence-corrected chi connectivity index (χ4v) is 4.33. The molecule has 0 bridgehead atoms. The summed E-state index contributed by atoms with van der Waals surface area (Å²) in [4.78, 5) is 0.166. The predicted octanol–water partition coefficient (Wildman–Crippen LogP) is 0.705. The highest BCUT2D eigenvalue weighted by atomic mass is 32.2. The lowest BCUT2D eigenvalue weighted by atomic mass is 9.93. The van der Waals surface area contributed by atoms with Crippen molar-refractivity contribution in [2.24, 2.45) is 0 Å². The van der Waals surface area contributed by atoms with E-state index < -0.39 is 15.6 Å². The van der Waals surface area contributed by atoms with Crippen LogP contribution in [-0.4, -0.2) is 38.9 Å². The number of nitrogens with two attached hydrogens (primary N) is 1. The van der Waals surface area contributed by atoms with Crippen molar-refractivity contribution in [2.45, 2.75) is 37.1 Å². The average Bonchev–Trinajstić information content (AvgIpc) is 2.43. The largest absolute Gasteiger partial charge is 0.399 e. The Kier molecular flexibility index (Phi) is 4.57. The molecule has 118 valence electrons. The van der Waals surface area contributed by atoms with E-state index in [0.717, 1.165) is 5.56 Å². The SMILES string of the molecule is Cc1cc(N)cc(S(=O)(=O)NC2(CO)CCOCC2)c1C. The van der Waals surface area contributed by atoms with Crippen molar-refractivity contribution in [2.75, 3.05) is 25.6 Å². The van der Waals surface area contributed by atoms with Gasteiger partial charge in [-0.1, -0.05) is 0 Å². The van der Waals surface area contributed by atoms with Gasteiger partial charge in [0.2, 0.25) is 10.0 Å². The van der Waals surface area contributed by atoms with E-state index in [1.807, 2.05) is 6.92 Å². The van der Waals surface area contributed by atoms with Gasteiger partial charge >= 0.3 is 0 Å². The smallest absolute Gasteiger partial charge is 0.241 e. The molecule has 1 heterocycles. The van der Waals surface area contributed by atoms with Gasteiger partial charge in [-0.05, 0) is 49.9 Å². The number of hydrogen-bond donors (Lipinski definition) is 3. The number of sulfonamides is 1. The fraction of sp³-hybridized carbons (Fsp3) is 0.571. The van der Waals surface area contributed by atoms with Crippen LogP contribution in [0.1, 0.15) is 24.0 Å². The summed E-state index contributed by atoms with van der Waals surface area (Å²) in [5.74, 6) is 0. The monoisotopic (exact) mass is 314 g/mol. The molecule has 0 aromatic heterocycles. The number of nitrogen functional groups attached to an aromatic ring is 1. The molecule has 6 nitrogen and oxygen atoms in total. The Hall–Kier alpha value is -1.15. The van der Waals surface area contributed by atoms with Gasteiger partial charge in [-0.2, -0.15) is 0 Å². The zero-order valence-corrected chi connectivity index (χ0v) is 13.2. The minimum Gasteiger partial charge on any atom is -0.399 e. The Morgan fingerprint density at radius 2 is 1.95 bits per heavy atom. The molecule has 1 fully saturated rings. The highest BCUT2D eigenvalue weighted by Gasteiger charge is 2.37. The summed E-state index contributed by atoms with van der Waals surface area (Å²) < 4.78 is 33.2. The Morgan fingerprint density at radius 3 is 2.52 bits per heavy atom. The van der Waals surface area contributed by atoms with Crippen molar-refractivity contribution in [3.05, 3.63) is 23.3 Å². The van der Waals surface area contributed by atoms with E-state index in [1.165, 1.54) is 6.07 Å². The number of anilines is 1. The molecule has 0 aliphatic carbocycles. The number of benzene rings is 1. The lowest BCUT2D eigenvalue weighted by molar-refractivity contribution is 0.0223. The fourth-order valence-electron chi connectivity index (χ4n) is 2.53. The Balaban J connectivity index is 2.38. The number of rotatable bonds is 4. The Morgan fingerprint density at radius 1 is 1.33 bits per heavy atom. The molecule has 0 amide bonds. The molecule has 0 spiro atoms. The van der Waals surface area contributed by atoms with Gasteiger partial charge in [0.25, 0.3) is 0 Å². The maximum atomic E-state index is 12.7. The Bertz CT molecular complexity index is 622. The molecule has 2 rings (SSSR count). The minimum absolute atomic E-state index is 0.166. The maximum Gasteiger partial charge on any atom is 0.241 e. The van der Waals surface area contributed by atoms with E-state index in [2.05, 4.69) is 4.72 Å². The second kappa shape index (κ2) is 5.92. The lowest BCUT2D eigenvalue weighted by Gasteiger charge is -2.36. The maximum absolute atomic E-state index is 12.7. The molecule has 4 N–H and O–H groups in total. The van der Waals surface area contributed by atoms with Crippen LogP contribution in [0.2, 0.25) is 0 Å². The standard InChI is InChI=1S/C14H22N2O4S/c1-10-7-12(15)8-13(11(10)2)21(18,19)16-14(9-17)3-5-20-6-4-14/h7-8,16-17H,3-6,9,15H2,1-2H3. The zero-order chi connectivity index (χ0) is 15.7. The minimum atomic E-state index is -3.75. The van der Waals surface area contributed by atoms with Crippen LogP contribution in [0.15, 0.2) is 17.0 Å². The molecule has 1 aliphatic rings. The second-order valence-corrected chi connectivity index (χ2v) is 7.27. The van der Waals surface area contributed by atoms with Crippen LogP contribution >= 0.6 is 0 Å². The molecule has 1 aliphatic heterocycles. The van der Waals surface area contributed by atoms with Crippen LogP contribution in [0.3, 0.4) is 0 Å². The van der Waals surface area contributed by atoms with Gasteiger partial charge < -0.3 is 15.6 Å². The molecule has 7 heteroatoms. The topological polar surface area (TPSA) is 102 Å². The molecule has 1 aromatic rings. The molecule has 1 aromatic carbocycles. The predicted molar refractivity (Wildman–Crippen MR) is 80.5 cm³/mol. The summed E-state index contributed by atoms with van der Waals surface area (Å²) in [6.07, 6.45) is 0.895. The van der Waals surface area contributed by atoms with Crippen molar-refractivity contribution < 1.29 is 18.3 Å². The number of aliphatic hydroxyl groups excluding tert-OH is 1. The normalized spacial score (nSPS) is 18.6. The third-order valence-corrected chi connectivity index (χ3v) is 5.74. The molecule has 0 radical (unpaired) electrons. The summed E-state index contributed by atoms with van der Waals surface area (Å²) >= 11 is 0. The summed E-state index contributed by atoms with van der Waals surface area (Å²) in [6, 6.07) is 3.19. The number of aryl methyl sites for hydroxylation is 1. The van der Waals surface area contributed by atoms with Crippen LogP contribution in [0.5, 0.6) is 0 Å². The van der Waals surface area contributed by atoms with Crippen molar-refractivity contribution in [3.8, 4) is 0 Å². The average molecular weight is 314 g/mol. The van der Waals surface area contributed by atoms with Crippen LogP contribution < -0.4 is 10.5 Å². The summed E-state index contributed by atoms with van der Waals surface area (Å²) in [6.45, 7) is 4.17. The molecular weight excluding hydrogens is 292 g/mol. The lowest BCUT2D eigenvalue weighted by Crippen LogP contribution is -2.54. The van der Waals surface area contributed by atoms with Gasteiger partial charge in [0, 0.05) is 18.9 Å². The molecule has 0 saturated carbocycles. The van der Waals surface area contributed by atoms with Gasteiger partial charge in [0.05, 0.1) is 17.0 Å². The van der Waals surface area contributed by atoms with Crippen LogP contribution in [0, 0.1) is 13.8 Å². The first-order valence-corrected chi connectivity index (χ1v) is 8.37. The van der Waals surface area contributed by atoms with Crippen LogP contribution in [-0.2, 0) is 14.8 Å². The first-order valence-electron chi connectivity index (χ1n) is 6.89. The highest BCUT2D eigenvalue weighted by Crippen LogP contribution is 2.27. The van der Waals surface area contributed by atoms with Crippen LogP contribution in [0.4, 0.5) is 5.69 Å². The zero-order valence-electron chi connectivity index (χ0n) is 12.3. The molecule has 21 heavy (non-hydrogen) atoms. The number of ether oxygens (including phenoxy) is 1. The van der Waals surface area contributed by atoms with E-state index in [9.17, 15) is 13.5 Å². The summed E-state index contributed by atoms with van der Waals surface area (Å²) in [7, 11) is -3.75. The highest BCUT2D eigenvalue weighted by molar-refractivity contribution is 7.89. The third-order valence-electron chi connectivity index (χ3n) is 4.03. The number of hydrogen-bond acceptors (Lipinski definition) is 5. The van der Waals surface area contributed by atoms with E-state index in [0.29, 0.717) is 37.3 Å². The van der Waals surface area contributed by atoms with Crippen molar-refractivity contribution in [1.82, 2.24) is 4.72 Å². The molecular formula is C14H22N2O4S. The van der Waals surface area contributed by atoms with Gasteiger partial charge in [0.1, 0.15) is 0 Å². The number of nitrogens with one attached hydrogen (secondary N) is 1. The van der Waals surface area contributed by atoms with E-state index in [4.69, 9.17) is 10.5 Å². The van der Waals surface area contributed by atoms with Gasteiger partial charge in [-0.15, -0.1) is 0 Å². The Labute approximate surface area is 125 Å².